The van der Waals surface area contributed by atoms with Crippen molar-refractivity contribution in [3.8, 4) is 11.5 Å². The first-order valence-electron chi connectivity index (χ1n) is 7.15. The number of halogens is 3. The fraction of sp³-hybridized carbons (Fsp3) is 0.167. The minimum absolute atomic E-state index is 0.133. The topological polar surface area (TPSA) is 35.5 Å². The first-order valence-corrected chi connectivity index (χ1v) is 8.28. The van der Waals surface area contributed by atoms with Gasteiger partial charge < -0.3 is 9.47 Å². The van der Waals surface area contributed by atoms with Crippen molar-refractivity contribution in [2.75, 3.05) is 13.7 Å². The number of rotatable bonds is 6. The summed E-state index contributed by atoms with van der Waals surface area (Å²) in [5.41, 5.74) is 0.996. The Morgan fingerprint density at radius 3 is 2.54 bits per heavy atom. The van der Waals surface area contributed by atoms with Crippen LogP contribution in [0.4, 0.5) is 0 Å². The molecule has 24 heavy (non-hydrogen) atoms. The van der Waals surface area contributed by atoms with Gasteiger partial charge in [0.15, 0.2) is 17.3 Å². The fourth-order valence-electron chi connectivity index (χ4n) is 2.12. The van der Waals surface area contributed by atoms with Crippen molar-refractivity contribution in [3.05, 3.63) is 62.6 Å². The van der Waals surface area contributed by atoms with Gasteiger partial charge in [0, 0.05) is 11.1 Å². The Kier molecular flexibility index (Phi) is 6.55. The zero-order valence-corrected chi connectivity index (χ0v) is 15.4. The molecule has 0 aliphatic rings. The number of ketones is 1. The molecule has 2 rings (SSSR count). The van der Waals surface area contributed by atoms with E-state index in [0.29, 0.717) is 28.7 Å². The molecule has 0 bridgehead atoms. The van der Waals surface area contributed by atoms with E-state index in [-0.39, 0.29) is 21.4 Å². The lowest BCUT2D eigenvalue weighted by molar-refractivity contribution is 0.104. The van der Waals surface area contributed by atoms with Crippen LogP contribution in [0.25, 0.3) is 6.08 Å². The summed E-state index contributed by atoms with van der Waals surface area (Å²) in [7, 11) is 1.55. The maximum absolute atomic E-state index is 12.4. The second-order valence-electron chi connectivity index (χ2n) is 4.73. The highest BCUT2D eigenvalue weighted by Crippen LogP contribution is 2.34. The number of para-hydroxylation sites is 1. The van der Waals surface area contributed by atoms with Gasteiger partial charge in [0.1, 0.15) is 0 Å². The molecule has 0 spiro atoms. The minimum Gasteiger partial charge on any atom is -0.492 e. The van der Waals surface area contributed by atoms with Crippen LogP contribution >= 0.6 is 34.8 Å². The highest BCUT2D eigenvalue weighted by Gasteiger charge is 2.14. The fourth-order valence-corrected chi connectivity index (χ4v) is 2.75. The molecule has 3 nitrogen and oxygen atoms in total. The standard InChI is InChI=1S/C18H15Cl3O3/c1-3-24-15-6-4-5-11(18(15)23-2)7-10-14(22)12-8-9-13(19)17(21)16(12)20/h4-10H,3H2,1-2H3/b10-7+. The van der Waals surface area contributed by atoms with E-state index in [1.807, 2.05) is 19.1 Å². The molecule has 0 fully saturated rings. The summed E-state index contributed by atoms with van der Waals surface area (Å²) in [5.74, 6) is 0.883. The van der Waals surface area contributed by atoms with Gasteiger partial charge in [0.05, 0.1) is 28.8 Å². The average Bonchev–Trinajstić information content (AvgIpc) is 2.58. The second-order valence-corrected chi connectivity index (χ2v) is 5.90. The molecule has 0 amide bonds. The monoisotopic (exact) mass is 384 g/mol. The zero-order valence-electron chi connectivity index (χ0n) is 13.1. The molecule has 0 saturated heterocycles. The van der Waals surface area contributed by atoms with Crippen LogP contribution in [0.3, 0.4) is 0 Å². The van der Waals surface area contributed by atoms with Gasteiger partial charge in [-0.05, 0) is 37.3 Å². The Morgan fingerprint density at radius 1 is 1.12 bits per heavy atom. The molecule has 0 N–H and O–H groups in total. The van der Waals surface area contributed by atoms with E-state index >= 15 is 0 Å². The van der Waals surface area contributed by atoms with Gasteiger partial charge >= 0.3 is 0 Å². The number of ether oxygens (including phenoxy) is 2. The summed E-state index contributed by atoms with van der Waals surface area (Å²) in [6.45, 7) is 2.40. The third-order valence-electron chi connectivity index (χ3n) is 3.23. The van der Waals surface area contributed by atoms with Crippen LogP contribution in [-0.2, 0) is 0 Å². The average molecular weight is 386 g/mol. The van der Waals surface area contributed by atoms with E-state index < -0.39 is 0 Å². The summed E-state index contributed by atoms with van der Waals surface area (Å²) in [6, 6.07) is 8.52. The Hall–Kier alpha value is -1.68. The second kappa shape index (κ2) is 8.43. The number of allylic oxidation sites excluding steroid dienone is 1. The van der Waals surface area contributed by atoms with Gasteiger partial charge in [0.2, 0.25) is 0 Å². The molecular formula is C18H15Cl3O3. The molecule has 0 aliphatic carbocycles. The Morgan fingerprint density at radius 2 is 1.88 bits per heavy atom. The Balaban J connectivity index is 2.33. The van der Waals surface area contributed by atoms with E-state index in [0.717, 1.165) is 0 Å². The lowest BCUT2D eigenvalue weighted by Crippen LogP contribution is -1.98. The maximum Gasteiger partial charge on any atom is 0.187 e. The quantitative estimate of drug-likeness (QED) is 0.350. The van der Waals surface area contributed by atoms with Crippen LogP contribution in [0, 0.1) is 0 Å². The van der Waals surface area contributed by atoms with Gasteiger partial charge in [-0.3, -0.25) is 4.79 Å². The van der Waals surface area contributed by atoms with E-state index in [1.54, 1.807) is 19.3 Å². The van der Waals surface area contributed by atoms with Crippen molar-refractivity contribution in [2.45, 2.75) is 6.92 Å². The summed E-state index contributed by atoms with van der Waals surface area (Å²) in [5, 5.41) is 0.593. The van der Waals surface area contributed by atoms with Crippen molar-refractivity contribution in [3.63, 3.8) is 0 Å². The molecule has 2 aromatic carbocycles. The van der Waals surface area contributed by atoms with Crippen LogP contribution in [-0.4, -0.2) is 19.5 Å². The third-order valence-corrected chi connectivity index (χ3v) is 4.52. The van der Waals surface area contributed by atoms with Crippen LogP contribution in [0.15, 0.2) is 36.4 Å². The first kappa shape index (κ1) is 18.7. The van der Waals surface area contributed by atoms with Crippen LogP contribution in [0.2, 0.25) is 15.1 Å². The predicted molar refractivity (Wildman–Crippen MR) is 99.0 cm³/mol. The van der Waals surface area contributed by atoms with Gasteiger partial charge in [-0.1, -0.05) is 46.9 Å². The van der Waals surface area contributed by atoms with Gasteiger partial charge in [-0.15, -0.1) is 0 Å². The molecule has 6 heteroatoms. The molecule has 0 unspecified atom stereocenters. The normalized spacial score (nSPS) is 10.9. The number of hydrogen-bond donors (Lipinski definition) is 0. The lowest BCUT2D eigenvalue weighted by Gasteiger charge is -2.11. The maximum atomic E-state index is 12.4. The Labute approximate surface area is 155 Å². The summed E-state index contributed by atoms with van der Waals surface area (Å²) < 4.78 is 10.9. The Bertz CT molecular complexity index is 785. The van der Waals surface area contributed by atoms with E-state index in [9.17, 15) is 4.79 Å². The number of benzene rings is 2. The van der Waals surface area contributed by atoms with Crippen LogP contribution in [0.1, 0.15) is 22.8 Å². The lowest BCUT2D eigenvalue weighted by atomic mass is 10.1. The molecule has 0 heterocycles. The molecule has 2 aromatic rings. The summed E-state index contributed by atoms with van der Waals surface area (Å²) in [4.78, 5) is 12.4. The molecule has 126 valence electrons. The molecule has 0 saturated carbocycles. The van der Waals surface area contributed by atoms with Crippen molar-refractivity contribution in [1.29, 1.82) is 0 Å². The van der Waals surface area contributed by atoms with Gasteiger partial charge in [-0.2, -0.15) is 0 Å². The first-order chi connectivity index (χ1) is 11.5. The molecule has 0 radical (unpaired) electrons. The van der Waals surface area contributed by atoms with Gasteiger partial charge in [-0.25, -0.2) is 0 Å². The molecule has 0 atom stereocenters. The van der Waals surface area contributed by atoms with Gasteiger partial charge in [0.25, 0.3) is 0 Å². The summed E-state index contributed by atoms with van der Waals surface area (Å²) in [6.07, 6.45) is 3.04. The third kappa shape index (κ3) is 4.04. The highest BCUT2D eigenvalue weighted by atomic mass is 35.5. The van der Waals surface area contributed by atoms with Crippen molar-refractivity contribution < 1.29 is 14.3 Å². The van der Waals surface area contributed by atoms with Crippen molar-refractivity contribution >= 4 is 46.7 Å². The molecule has 0 aliphatic heterocycles. The SMILES string of the molecule is CCOc1cccc(/C=C/C(=O)c2ccc(Cl)c(Cl)c2Cl)c1OC. The number of carbonyl (C=O) groups excluding carboxylic acids is 1. The van der Waals surface area contributed by atoms with Crippen LogP contribution < -0.4 is 9.47 Å². The number of hydrogen-bond acceptors (Lipinski definition) is 3. The highest BCUT2D eigenvalue weighted by molar-refractivity contribution is 6.49. The van der Waals surface area contributed by atoms with E-state index in [2.05, 4.69) is 0 Å². The zero-order chi connectivity index (χ0) is 17.7. The minimum atomic E-state index is -0.289. The number of methoxy groups -OCH3 is 1. The summed E-state index contributed by atoms with van der Waals surface area (Å²) >= 11 is 17.9. The van der Waals surface area contributed by atoms with Crippen molar-refractivity contribution in [1.82, 2.24) is 0 Å². The van der Waals surface area contributed by atoms with Crippen molar-refractivity contribution in [2.24, 2.45) is 0 Å². The van der Waals surface area contributed by atoms with Crippen LogP contribution in [0.5, 0.6) is 11.5 Å². The largest absolute Gasteiger partial charge is 0.492 e. The predicted octanol–water partition coefficient (Wildman–Crippen LogP) is 5.95. The molecule has 0 aromatic heterocycles. The molecular weight excluding hydrogens is 371 g/mol. The van der Waals surface area contributed by atoms with E-state index in [4.69, 9.17) is 44.3 Å². The van der Waals surface area contributed by atoms with E-state index in [1.165, 1.54) is 18.2 Å². The smallest absolute Gasteiger partial charge is 0.187 e. The number of carbonyl (C=O) groups is 1.